The molecule has 0 spiro atoms. The number of hydrogen-bond donors (Lipinski definition) is 1. The molecule has 1 aliphatic rings. The van der Waals surface area contributed by atoms with Crippen LogP contribution in [0.1, 0.15) is 31.0 Å². The van der Waals surface area contributed by atoms with Crippen molar-refractivity contribution >= 4 is 16.9 Å². The topological polar surface area (TPSA) is 86.1 Å². The van der Waals surface area contributed by atoms with Crippen LogP contribution in [0.15, 0.2) is 17.2 Å². The monoisotopic (exact) mass is 344 g/mol. The molecule has 25 heavy (non-hydrogen) atoms. The number of aromatic nitrogens is 3. The van der Waals surface area contributed by atoms with Crippen LogP contribution >= 0.6 is 0 Å². The number of aryl methyl sites for hydroxylation is 1. The molecule has 1 amide bonds. The predicted molar refractivity (Wildman–Crippen MR) is 94.5 cm³/mol. The molecule has 7 nitrogen and oxygen atoms in total. The fourth-order valence-corrected chi connectivity index (χ4v) is 3.19. The maximum atomic E-state index is 12.7. The Labute approximate surface area is 146 Å². The summed E-state index contributed by atoms with van der Waals surface area (Å²) in [5, 5.41) is 3.26. The van der Waals surface area contributed by atoms with Crippen molar-refractivity contribution in [3.8, 4) is 0 Å². The molecule has 134 valence electrons. The first kappa shape index (κ1) is 17.5. The molecule has 0 bridgehead atoms. The van der Waals surface area contributed by atoms with Crippen LogP contribution < -0.4 is 10.9 Å². The third-order valence-electron chi connectivity index (χ3n) is 4.59. The van der Waals surface area contributed by atoms with Crippen molar-refractivity contribution in [1.82, 2.24) is 19.9 Å². The zero-order valence-corrected chi connectivity index (χ0v) is 14.7. The number of fused-ring (bicyclic) bond motifs is 2. The zero-order valence-electron chi connectivity index (χ0n) is 14.7. The minimum Gasteiger partial charge on any atom is -0.385 e. The largest absolute Gasteiger partial charge is 0.385 e. The molecule has 1 N–H and O–H groups in total. The summed E-state index contributed by atoms with van der Waals surface area (Å²) in [6.07, 6.45) is 5.13. The molecule has 1 aliphatic carbocycles. The third-order valence-corrected chi connectivity index (χ3v) is 4.59. The van der Waals surface area contributed by atoms with Gasteiger partial charge in [0, 0.05) is 26.0 Å². The molecule has 0 aromatic carbocycles. The smallest absolute Gasteiger partial charge is 0.263 e. The van der Waals surface area contributed by atoms with Gasteiger partial charge in [-0.1, -0.05) is 6.92 Å². The highest BCUT2D eigenvalue weighted by Crippen LogP contribution is 2.25. The standard InChI is InChI=1S/C18H24N4O3/c1-12-4-5-15-13(8-12)9-14-17(21-15)20-11-22(18(14)24)10-16(23)19-6-3-7-25-2/h9,11-12H,3-8,10H2,1-2H3,(H,19,23). The Bertz CT molecular complexity index is 831. The number of carbonyl (C=O) groups is 1. The first-order chi connectivity index (χ1) is 12.1. The van der Waals surface area contributed by atoms with Crippen LogP contribution in [0.3, 0.4) is 0 Å². The van der Waals surface area contributed by atoms with Crippen LogP contribution in [0.4, 0.5) is 0 Å². The molecule has 7 heteroatoms. The van der Waals surface area contributed by atoms with Gasteiger partial charge >= 0.3 is 0 Å². The summed E-state index contributed by atoms with van der Waals surface area (Å²) in [6, 6.07) is 1.91. The van der Waals surface area contributed by atoms with Gasteiger partial charge in [0.25, 0.3) is 5.56 Å². The zero-order chi connectivity index (χ0) is 17.8. The molecule has 2 aromatic heterocycles. The molecule has 0 radical (unpaired) electrons. The van der Waals surface area contributed by atoms with E-state index in [4.69, 9.17) is 4.74 Å². The van der Waals surface area contributed by atoms with E-state index in [-0.39, 0.29) is 18.0 Å². The number of ether oxygens (including phenoxy) is 1. The van der Waals surface area contributed by atoms with E-state index in [9.17, 15) is 9.59 Å². The maximum absolute atomic E-state index is 12.7. The quantitative estimate of drug-likeness (QED) is 0.792. The van der Waals surface area contributed by atoms with Crippen molar-refractivity contribution in [3.05, 3.63) is 34.0 Å². The number of pyridine rings is 1. The Morgan fingerprint density at radius 2 is 2.32 bits per heavy atom. The molecule has 3 rings (SSSR count). The summed E-state index contributed by atoms with van der Waals surface area (Å²) in [5.74, 6) is 0.391. The Morgan fingerprint density at radius 1 is 1.48 bits per heavy atom. The van der Waals surface area contributed by atoms with Gasteiger partial charge in [-0.25, -0.2) is 9.97 Å². The molecular weight excluding hydrogens is 320 g/mol. The van der Waals surface area contributed by atoms with Crippen LogP contribution in [-0.2, 0) is 28.9 Å². The van der Waals surface area contributed by atoms with Crippen molar-refractivity contribution < 1.29 is 9.53 Å². The molecule has 1 unspecified atom stereocenters. The molecule has 2 aromatic rings. The lowest BCUT2D eigenvalue weighted by atomic mass is 9.87. The highest BCUT2D eigenvalue weighted by Gasteiger charge is 2.19. The second kappa shape index (κ2) is 7.74. The molecule has 0 saturated carbocycles. The van der Waals surface area contributed by atoms with Gasteiger partial charge in [-0.2, -0.15) is 0 Å². The van der Waals surface area contributed by atoms with E-state index in [0.29, 0.717) is 30.1 Å². The summed E-state index contributed by atoms with van der Waals surface area (Å²) >= 11 is 0. The average molecular weight is 344 g/mol. The van der Waals surface area contributed by atoms with Gasteiger partial charge in [0.05, 0.1) is 5.39 Å². The Morgan fingerprint density at radius 3 is 3.12 bits per heavy atom. The van der Waals surface area contributed by atoms with Gasteiger partial charge in [-0.3, -0.25) is 14.2 Å². The lowest BCUT2D eigenvalue weighted by Crippen LogP contribution is -2.33. The summed E-state index contributed by atoms with van der Waals surface area (Å²) in [4.78, 5) is 33.5. The van der Waals surface area contributed by atoms with E-state index in [2.05, 4.69) is 22.2 Å². The van der Waals surface area contributed by atoms with Gasteiger partial charge in [-0.05, 0) is 43.2 Å². The van der Waals surface area contributed by atoms with Gasteiger partial charge in [0.1, 0.15) is 12.9 Å². The van der Waals surface area contributed by atoms with E-state index < -0.39 is 0 Å². The molecular formula is C18H24N4O3. The lowest BCUT2D eigenvalue weighted by Gasteiger charge is -2.20. The van der Waals surface area contributed by atoms with Crippen LogP contribution in [0, 0.1) is 5.92 Å². The summed E-state index contributed by atoms with van der Waals surface area (Å²) in [6.45, 7) is 3.28. The molecule has 1 atom stereocenters. The SMILES string of the molecule is COCCCNC(=O)Cn1cnc2nc3c(cc2c1=O)CC(C)CC3. The normalized spacial score (nSPS) is 16.6. The molecule has 0 fully saturated rings. The van der Waals surface area contributed by atoms with Crippen LogP contribution in [0.2, 0.25) is 0 Å². The minimum atomic E-state index is -0.217. The van der Waals surface area contributed by atoms with Crippen LogP contribution in [-0.4, -0.2) is 40.7 Å². The summed E-state index contributed by atoms with van der Waals surface area (Å²) in [5.41, 5.74) is 2.43. The Kier molecular flexibility index (Phi) is 5.43. The van der Waals surface area contributed by atoms with Gasteiger partial charge in [0.2, 0.25) is 5.91 Å². The molecule has 0 aliphatic heterocycles. The predicted octanol–water partition coefficient (Wildman–Crippen LogP) is 1.07. The fourth-order valence-electron chi connectivity index (χ4n) is 3.19. The van der Waals surface area contributed by atoms with E-state index >= 15 is 0 Å². The minimum absolute atomic E-state index is 0.0394. The van der Waals surface area contributed by atoms with E-state index in [1.54, 1.807) is 7.11 Å². The second-order valence-electron chi connectivity index (χ2n) is 6.69. The third kappa shape index (κ3) is 4.04. The average Bonchev–Trinajstić information content (AvgIpc) is 2.60. The molecule has 2 heterocycles. The summed E-state index contributed by atoms with van der Waals surface area (Å²) < 4.78 is 6.28. The van der Waals surface area contributed by atoms with Crippen LogP contribution in [0.25, 0.3) is 11.0 Å². The van der Waals surface area contributed by atoms with Crippen molar-refractivity contribution in [3.63, 3.8) is 0 Å². The first-order valence-electron chi connectivity index (χ1n) is 8.72. The van der Waals surface area contributed by atoms with Gasteiger partial charge < -0.3 is 10.1 Å². The number of carbonyl (C=O) groups excluding carboxylic acids is 1. The fraction of sp³-hybridized carbons (Fsp3) is 0.556. The van der Waals surface area contributed by atoms with Crippen molar-refractivity contribution in [2.75, 3.05) is 20.3 Å². The number of nitrogens with one attached hydrogen (secondary N) is 1. The van der Waals surface area contributed by atoms with Crippen molar-refractivity contribution in [2.45, 2.75) is 39.2 Å². The number of nitrogens with zero attached hydrogens (tertiary/aromatic N) is 3. The number of hydrogen-bond acceptors (Lipinski definition) is 5. The van der Waals surface area contributed by atoms with Crippen LogP contribution in [0.5, 0.6) is 0 Å². The van der Waals surface area contributed by atoms with Gasteiger partial charge in [-0.15, -0.1) is 0 Å². The molecule has 0 saturated heterocycles. The second-order valence-corrected chi connectivity index (χ2v) is 6.69. The Balaban J connectivity index is 1.80. The highest BCUT2D eigenvalue weighted by molar-refractivity contribution is 5.77. The maximum Gasteiger partial charge on any atom is 0.263 e. The van der Waals surface area contributed by atoms with Gasteiger partial charge in [0.15, 0.2) is 5.65 Å². The Hall–Kier alpha value is -2.28. The summed E-state index contributed by atoms with van der Waals surface area (Å²) in [7, 11) is 1.62. The lowest BCUT2D eigenvalue weighted by molar-refractivity contribution is -0.121. The van der Waals surface area contributed by atoms with E-state index in [0.717, 1.165) is 36.9 Å². The van der Waals surface area contributed by atoms with Crippen molar-refractivity contribution in [1.29, 1.82) is 0 Å². The number of methoxy groups -OCH3 is 1. The number of amides is 1. The van der Waals surface area contributed by atoms with Crippen molar-refractivity contribution in [2.24, 2.45) is 5.92 Å². The van der Waals surface area contributed by atoms with E-state index in [1.165, 1.54) is 10.9 Å². The first-order valence-corrected chi connectivity index (χ1v) is 8.72. The number of rotatable bonds is 6. The highest BCUT2D eigenvalue weighted by atomic mass is 16.5. The van der Waals surface area contributed by atoms with E-state index in [1.807, 2.05) is 6.07 Å².